The van der Waals surface area contributed by atoms with Gasteiger partial charge in [0.25, 0.3) is 6.71 Å². The van der Waals surface area contributed by atoms with Crippen LogP contribution in [0.1, 0.15) is 101 Å². The van der Waals surface area contributed by atoms with Gasteiger partial charge in [-0.25, -0.2) is 0 Å². The highest BCUT2D eigenvalue weighted by Gasteiger charge is 2.50. The zero-order chi connectivity index (χ0) is 50.8. The van der Waals surface area contributed by atoms with Crippen molar-refractivity contribution in [3.05, 3.63) is 173 Å². The summed E-state index contributed by atoms with van der Waals surface area (Å²) >= 11 is 0. The van der Waals surface area contributed by atoms with E-state index in [4.69, 9.17) is 17.7 Å². The predicted octanol–water partition coefficient (Wildman–Crippen LogP) is 17.2. The number of para-hydroxylation sites is 2. The van der Waals surface area contributed by atoms with Gasteiger partial charge in [0.1, 0.15) is 22.3 Å². The normalized spacial score (nSPS) is 13.7. The van der Waals surface area contributed by atoms with E-state index in [-0.39, 0.29) is 23.0 Å². The van der Waals surface area contributed by atoms with Gasteiger partial charge in [0.05, 0.1) is 23.9 Å². The number of benzene rings is 7. The van der Waals surface area contributed by atoms with Crippen LogP contribution in [0.3, 0.4) is 0 Å². The summed E-state index contributed by atoms with van der Waals surface area (Å²) in [5, 5.41) is 4.45. The smallest absolute Gasteiger partial charge is 0.262 e. The van der Waals surface area contributed by atoms with Gasteiger partial charge in [-0.1, -0.05) is 111 Å². The zero-order valence-corrected chi connectivity index (χ0v) is 44.3. The van der Waals surface area contributed by atoms with E-state index in [1.807, 2.05) is 36.8 Å². The third kappa shape index (κ3) is 6.77. The van der Waals surface area contributed by atoms with Crippen molar-refractivity contribution >= 4 is 101 Å². The number of hydrogen-bond donors (Lipinski definition) is 0. The molecule has 6 nitrogen and oxygen atoms in total. The Labute approximate surface area is 428 Å². The first kappa shape index (κ1) is 45.2. The molecule has 2 aliphatic heterocycles. The molecular weight excluding hydrogens is 896 g/mol. The van der Waals surface area contributed by atoms with Gasteiger partial charge < -0.3 is 17.7 Å². The quantitative estimate of drug-likeness (QED) is 0.164. The number of hydrogen-bond acceptors (Lipinski definition) is 6. The summed E-state index contributed by atoms with van der Waals surface area (Å²) in [5.41, 5.74) is 23.7. The van der Waals surface area contributed by atoms with E-state index in [0.29, 0.717) is 0 Å². The van der Waals surface area contributed by atoms with Crippen LogP contribution in [-0.2, 0) is 16.2 Å². The van der Waals surface area contributed by atoms with Crippen molar-refractivity contribution in [1.29, 1.82) is 0 Å². The van der Waals surface area contributed by atoms with Crippen LogP contribution in [0, 0.1) is 27.7 Å². The predicted molar refractivity (Wildman–Crippen MR) is 305 cm³/mol. The van der Waals surface area contributed by atoms with Crippen LogP contribution < -0.4 is 26.2 Å². The number of nitrogens with zero attached hydrogens (tertiary/aromatic N) is 2. The average molecular weight is 957 g/mol. The number of rotatable bonds is 4. The van der Waals surface area contributed by atoms with Crippen molar-refractivity contribution in [2.45, 2.75) is 106 Å². The molecule has 0 unspecified atom stereocenters. The Morgan fingerprint density at radius 2 is 0.767 bits per heavy atom. The minimum atomic E-state index is -0.237. The van der Waals surface area contributed by atoms with Crippen LogP contribution >= 0.6 is 0 Å². The van der Waals surface area contributed by atoms with Gasteiger partial charge in [0, 0.05) is 55.0 Å². The molecule has 0 radical (unpaired) electrons. The summed E-state index contributed by atoms with van der Waals surface area (Å²) < 4.78 is 27.1. The standard InChI is InChI=1S/C66H61BN2O4/c1-36-26-40(49-34-70-53-20-16-14-18-45(49)53)27-37(2)60(36)68-51-32-44(66(11,12)13)33-52-59(51)67(57-47-30-42(64(5,6)7)22-24-55(47)72-62(57)68)58-48-31-43(65(8,9)10)23-25-56(48)73-63(58)69(52)61-38(3)28-41(29-39(61)4)50-35-71-54-21-17-15-19-46(50)54/h14-35H,1-13H3. The second kappa shape index (κ2) is 15.4. The Bertz CT molecular complexity index is 3810. The van der Waals surface area contributed by atoms with E-state index in [9.17, 15) is 0 Å². The van der Waals surface area contributed by atoms with E-state index in [1.165, 1.54) is 22.2 Å². The fourth-order valence-corrected chi connectivity index (χ4v) is 12.2. The fraction of sp³-hybridized carbons (Fsp3) is 0.242. The molecular formula is C66H61BN2O4. The lowest BCUT2D eigenvalue weighted by molar-refractivity contribution is 0.587. The van der Waals surface area contributed by atoms with Crippen molar-refractivity contribution in [3.8, 4) is 22.3 Å². The Morgan fingerprint density at radius 3 is 1.15 bits per heavy atom. The molecule has 73 heavy (non-hydrogen) atoms. The molecule has 362 valence electrons. The lowest BCUT2D eigenvalue weighted by atomic mass is 9.33. The molecule has 4 aromatic heterocycles. The topological polar surface area (TPSA) is 59.0 Å². The van der Waals surface area contributed by atoms with Crippen molar-refractivity contribution in [3.63, 3.8) is 0 Å². The van der Waals surface area contributed by atoms with Gasteiger partial charge in [-0.15, -0.1) is 0 Å². The van der Waals surface area contributed by atoms with E-state index >= 15 is 0 Å². The average Bonchev–Trinajstić information content (AvgIpc) is 4.14. The van der Waals surface area contributed by atoms with E-state index in [2.05, 4.69) is 197 Å². The first-order chi connectivity index (χ1) is 34.7. The minimum absolute atomic E-state index is 0.0971. The Morgan fingerprint density at radius 1 is 0.384 bits per heavy atom. The van der Waals surface area contributed by atoms with Gasteiger partial charge in [-0.05, 0) is 172 Å². The molecule has 6 heterocycles. The van der Waals surface area contributed by atoms with E-state index in [1.54, 1.807) is 0 Å². The highest BCUT2D eigenvalue weighted by atomic mass is 16.4. The molecule has 0 aliphatic carbocycles. The number of aryl methyl sites for hydroxylation is 4. The maximum absolute atomic E-state index is 7.44. The molecule has 13 rings (SSSR count). The lowest BCUT2D eigenvalue weighted by Gasteiger charge is -2.43. The summed E-state index contributed by atoms with van der Waals surface area (Å²) in [7, 11) is 0. The highest BCUT2D eigenvalue weighted by Crippen LogP contribution is 2.52. The van der Waals surface area contributed by atoms with E-state index in [0.717, 1.165) is 134 Å². The molecule has 11 aromatic rings. The van der Waals surface area contributed by atoms with Gasteiger partial charge in [-0.3, -0.25) is 9.80 Å². The van der Waals surface area contributed by atoms with Gasteiger partial charge in [0.15, 0.2) is 0 Å². The summed E-state index contributed by atoms with van der Waals surface area (Å²) in [6, 6.07) is 44.5. The Balaban J connectivity index is 1.15. The molecule has 0 saturated carbocycles. The second-order valence-electron chi connectivity index (χ2n) is 24.1. The first-order valence-electron chi connectivity index (χ1n) is 25.8. The molecule has 0 fully saturated rings. The van der Waals surface area contributed by atoms with Crippen molar-refractivity contribution < 1.29 is 17.7 Å². The third-order valence-corrected chi connectivity index (χ3v) is 15.9. The van der Waals surface area contributed by atoms with Crippen LogP contribution in [0.2, 0.25) is 0 Å². The highest BCUT2D eigenvalue weighted by molar-refractivity contribution is 7.02. The number of fused-ring (bicyclic) bond motifs is 10. The number of furan rings is 4. The monoisotopic (exact) mass is 956 g/mol. The maximum atomic E-state index is 7.44. The van der Waals surface area contributed by atoms with Crippen LogP contribution in [0.5, 0.6) is 0 Å². The molecule has 0 saturated heterocycles. The molecule has 0 atom stereocenters. The van der Waals surface area contributed by atoms with Crippen LogP contribution in [-0.4, -0.2) is 6.71 Å². The Kier molecular flexibility index (Phi) is 9.57. The van der Waals surface area contributed by atoms with E-state index < -0.39 is 0 Å². The summed E-state index contributed by atoms with van der Waals surface area (Å²) in [6.45, 7) is 29.5. The van der Waals surface area contributed by atoms with Gasteiger partial charge in [0.2, 0.25) is 11.8 Å². The molecule has 7 heteroatoms. The van der Waals surface area contributed by atoms with Crippen molar-refractivity contribution in [2.75, 3.05) is 9.80 Å². The summed E-state index contributed by atoms with van der Waals surface area (Å²) in [4.78, 5) is 4.94. The SMILES string of the molecule is Cc1cc(-c2coc3ccccc23)cc(C)c1N1c2cc(C(C)(C)C)cc3c2B(c2c1oc1ccc(C(C)(C)C)cc21)c1c(oc2ccc(C(C)(C)C)cc12)N3c1c(C)cc(-c2coc3ccccc23)cc1C. The molecule has 2 aliphatic rings. The van der Waals surface area contributed by atoms with Crippen molar-refractivity contribution in [1.82, 2.24) is 0 Å². The Hall–Kier alpha value is -7.64. The molecule has 0 N–H and O–H groups in total. The molecule has 0 amide bonds. The zero-order valence-electron chi connectivity index (χ0n) is 44.3. The van der Waals surface area contributed by atoms with Crippen molar-refractivity contribution in [2.24, 2.45) is 0 Å². The fourth-order valence-electron chi connectivity index (χ4n) is 12.2. The van der Waals surface area contributed by atoms with Crippen LogP contribution in [0.4, 0.5) is 34.5 Å². The van der Waals surface area contributed by atoms with Gasteiger partial charge >= 0.3 is 0 Å². The van der Waals surface area contributed by atoms with Crippen LogP contribution in [0.15, 0.2) is 152 Å². The summed E-state index contributed by atoms with van der Waals surface area (Å²) in [5.74, 6) is 1.68. The second-order valence-corrected chi connectivity index (χ2v) is 24.1. The molecule has 7 aromatic carbocycles. The van der Waals surface area contributed by atoms with Gasteiger partial charge in [-0.2, -0.15) is 0 Å². The minimum Gasteiger partial charge on any atom is -0.464 e. The van der Waals surface area contributed by atoms with Crippen LogP contribution in [0.25, 0.3) is 66.1 Å². The maximum Gasteiger partial charge on any atom is 0.262 e. The third-order valence-electron chi connectivity index (χ3n) is 15.9. The summed E-state index contributed by atoms with van der Waals surface area (Å²) in [6.07, 6.45) is 3.80. The lowest BCUT2D eigenvalue weighted by Crippen LogP contribution is -2.61. The first-order valence-corrected chi connectivity index (χ1v) is 25.8. The molecule has 0 spiro atoms. The molecule has 0 bridgehead atoms. The largest absolute Gasteiger partial charge is 0.464 e. The number of anilines is 6.